The SMILES string of the molecule is COc1ccc(/C=N/n2cnnc2-n2nc(C)cc2C)cc1OC. The van der Waals surface area contributed by atoms with E-state index < -0.39 is 0 Å². The monoisotopic (exact) mass is 326 g/mol. The van der Waals surface area contributed by atoms with Crippen molar-refractivity contribution in [2.24, 2.45) is 5.10 Å². The van der Waals surface area contributed by atoms with Crippen LogP contribution in [0.1, 0.15) is 17.0 Å². The van der Waals surface area contributed by atoms with E-state index in [0.29, 0.717) is 17.4 Å². The number of methoxy groups -OCH3 is 2. The van der Waals surface area contributed by atoms with Gasteiger partial charge in [-0.2, -0.15) is 14.9 Å². The van der Waals surface area contributed by atoms with Gasteiger partial charge in [-0.3, -0.25) is 0 Å². The van der Waals surface area contributed by atoms with Gasteiger partial charge >= 0.3 is 0 Å². The van der Waals surface area contributed by atoms with E-state index in [9.17, 15) is 0 Å². The predicted molar refractivity (Wildman–Crippen MR) is 89.2 cm³/mol. The molecule has 0 spiro atoms. The third-order valence-electron chi connectivity index (χ3n) is 3.45. The van der Waals surface area contributed by atoms with Gasteiger partial charge < -0.3 is 9.47 Å². The van der Waals surface area contributed by atoms with Crippen molar-refractivity contribution in [3.8, 4) is 17.4 Å². The van der Waals surface area contributed by atoms with Crippen LogP contribution in [0, 0.1) is 13.8 Å². The molecule has 3 aromatic rings. The lowest BCUT2D eigenvalue weighted by molar-refractivity contribution is 0.355. The molecule has 24 heavy (non-hydrogen) atoms. The fourth-order valence-corrected chi connectivity index (χ4v) is 2.34. The second-order valence-corrected chi connectivity index (χ2v) is 5.17. The van der Waals surface area contributed by atoms with Crippen LogP contribution in [0.25, 0.3) is 5.95 Å². The molecule has 8 nitrogen and oxygen atoms in total. The number of hydrogen-bond acceptors (Lipinski definition) is 6. The predicted octanol–water partition coefficient (Wildman–Crippen LogP) is 1.98. The van der Waals surface area contributed by atoms with Crippen LogP contribution in [0.5, 0.6) is 11.5 Å². The summed E-state index contributed by atoms with van der Waals surface area (Å²) in [6, 6.07) is 7.53. The summed E-state index contributed by atoms with van der Waals surface area (Å²) in [6.07, 6.45) is 3.23. The molecule has 8 heteroatoms. The molecule has 0 aliphatic heterocycles. The fraction of sp³-hybridized carbons (Fsp3) is 0.250. The van der Waals surface area contributed by atoms with Crippen molar-refractivity contribution >= 4 is 6.21 Å². The molecule has 0 unspecified atom stereocenters. The normalized spacial score (nSPS) is 11.2. The lowest BCUT2D eigenvalue weighted by Crippen LogP contribution is -2.06. The molecule has 0 aliphatic carbocycles. The highest BCUT2D eigenvalue weighted by Gasteiger charge is 2.10. The van der Waals surface area contributed by atoms with Crippen LogP contribution in [-0.4, -0.2) is 45.1 Å². The third-order valence-corrected chi connectivity index (χ3v) is 3.45. The number of hydrogen-bond donors (Lipinski definition) is 0. The van der Waals surface area contributed by atoms with E-state index in [1.54, 1.807) is 29.8 Å². The first-order valence-electron chi connectivity index (χ1n) is 7.32. The van der Waals surface area contributed by atoms with E-state index >= 15 is 0 Å². The quantitative estimate of drug-likeness (QED) is 0.670. The van der Waals surface area contributed by atoms with Crippen LogP contribution in [0.3, 0.4) is 0 Å². The van der Waals surface area contributed by atoms with Crippen molar-refractivity contribution < 1.29 is 9.47 Å². The average molecular weight is 326 g/mol. The van der Waals surface area contributed by atoms with E-state index in [-0.39, 0.29) is 0 Å². The molecule has 0 atom stereocenters. The Hall–Kier alpha value is -3.16. The van der Waals surface area contributed by atoms with E-state index in [1.165, 1.54) is 6.33 Å². The maximum Gasteiger partial charge on any atom is 0.273 e. The van der Waals surface area contributed by atoms with Crippen LogP contribution in [-0.2, 0) is 0 Å². The Kier molecular flexibility index (Phi) is 4.28. The van der Waals surface area contributed by atoms with Crippen molar-refractivity contribution in [3.63, 3.8) is 0 Å². The Morgan fingerprint density at radius 3 is 2.54 bits per heavy atom. The summed E-state index contributed by atoms with van der Waals surface area (Å²) in [7, 11) is 3.20. The average Bonchev–Trinajstić information content (AvgIpc) is 3.18. The number of aromatic nitrogens is 5. The molecular formula is C16H18N6O2. The minimum atomic E-state index is 0.525. The topological polar surface area (TPSA) is 79.4 Å². The molecule has 0 N–H and O–H groups in total. The molecule has 3 rings (SSSR count). The van der Waals surface area contributed by atoms with Crippen molar-refractivity contribution in [3.05, 3.63) is 47.5 Å². The van der Waals surface area contributed by atoms with Crippen molar-refractivity contribution in [2.45, 2.75) is 13.8 Å². The Balaban J connectivity index is 1.91. The second kappa shape index (κ2) is 6.53. The molecule has 0 aliphatic rings. The minimum Gasteiger partial charge on any atom is -0.493 e. The molecule has 0 bridgehead atoms. The summed E-state index contributed by atoms with van der Waals surface area (Å²) in [5.41, 5.74) is 2.73. The summed E-state index contributed by atoms with van der Waals surface area (Å²) in [5.74, 6) is 1.84. The number of benzene rings is 1. The molecule has 124 valence electrons. The standard InChI is InChI=1S/C16H18N6O2/c1-11-7-12(2)22(20-11)16-19-17-10-21(16)18-9-13-5-6-14(23-3)15(8-13)24-4/h5-10H,1-4H3/b18-9+. The Labute approximate surface area is 139 Å². The van der Waals surface area contributed by atoms with Crippen molar-refractivity contribution in [1.82, 2.24) is 24.7 Å². The first-order valence-corrected chi connectivity index (χ1v) is 7.32. The maximum atomic E-state index is 5.29. The van der Waals surface area contributed by atoms with Gasteiger partial charge in [0.25, 0.3) is 5.95 Å². The molecule has 2 aromatic heterocycles. The van der Waals surface area contributed by atoms with E-state index in [0.717, 1.165) is 17.0 Å². The van der Waals surface area contributed by atoms with Crippen LogP contribution in [0.15, 0.2) is 35.7 Å². The summed E-state index contributed by atoms with van der Waals surface area (Å²) >= 11 is 0. The van der Waals surface area contributed by atoms with Crippen LogP contribution in [0.4, 0.5) is 0 Å². The first-order chi connectivity index (χ1) is 11.6. The van der Waals surface area contributed by atoms with Gasteiger partial charge in [-0.05, 0) is 43.7 Å². The van der Waals surface area contributed by atoms with Gasteiger partial charge in [-0.25, -0.2) is 4.68 Å². The summed E-state index contributed by atoms with van der Waals surface area (Å²) < 4.78 is 13.8. The van der Waals surface area contributed by atoms with Gasteiger partial charge in [0.05, 0.1) is 26.1 Å². The third kappa shape index (κ3) is 2.98. The number of rotatable bonds is 5. The van der Waals surface area contributed by atoms with Gasteiger partial charge in [-0.1, -0.05) is 0 Å². The largest absolute Gasteiger partial charge is 0.493 e. The first kappa shape index (κ1) is 15.7. The maximum absolute atomic E-state index is 5.29. The Bertz CT molecular complexity index is 881. The smallest absolute Gasteiger partial charge is 0.273 e. The molecule has 1 aromatic carbocycles. The zero-order chi connectivity index (χ0) is 17.1. The molecule has 0 saturated carbocycles. The molecule has 0 amide bonds. The lowest BCUT2D eigenvalue weighted by atomic mass is 10.2. The highest BCUT2D eigenvalue weighted by molar-refractivity contribution is 5.80. The number of ether oxygens (including phenoxy) is 2. The van der Waals surface area contributed by atoms with Crippen LogP contribution in [0.2, 0.25) is 0 Å². The lowest BCUT2D eigenvalue weighted by Gasteiger charge is -2.07. The van der Waals surface area contributed by atoms with E-state index in [2.05, 4.69) is 20.4 Å². The molecule has 0 radical (unpaired) electrons. The molecule has 0 fully saturated rings. The number of aryl methyl sites for hydroxylation is 2. The fourth-order valence-electron chi connectivity index (χ4n) is 2.34. The zero-order valence-corrected chi connectivity index (χ0v) is 14.0. The molecular weight excluding hydrogens is 308 g/mol. The summed E-state index contributed by atoms with van der Waals surface area (Å²) in [5, 5.41) is 16.8. The van der Waals surface area contributed by atoms with Crippen LogP contribution < -0.4 is 9.47 Å². The summed E-state index contributed by atoms with van der Waals surface area (Å²) in [4.78, 5) is 0. The van der Waals surface area contributed by atoms with Gasteiger partial charge in [-0.15, -0.1) is 10.2 Å². The van der Waals surface area contributed by atoms with Crippen LogP contribution >= 0.6 is 0 Å². The number of nitrogens with zero attached hydrogens (tertiary/aromatic N) is 6. The minimum absolute atomic E-state index is 0.525. The van der Waals surface area contributed by atoms with Crippen molar-refractivity contribution in [2.75, 3.05) is 14.2 Å². The summed E-state index contributed by atoms with van der Waals surface area (Å²) in [6.45, 7) is 3.88. The molecule has 2 heterocycles. The van der Waals surface area contributed by atoms with E-state index in [1.807, 2.05) is 38.1 Å². The van der Waals surface area contributed by atoms with Gasteiger partial charge in [0.2, 0.25) is 0 Å². The molecule has 0 saturated heterocycles. The van der Waals surface area contributed by atoms with E-state index in [4.69, 9.17) is 9.47 Å². The van der Waals surface area contributed by atoms with Gasteiger partial charge in [0, 0.05) is 5.69 Å². The second-order valence-electron chi connectivity index (χ2n) is 5.17. The van der Waals surface area contributed by atoms with Crippen molar-refractivity contribution in [1.29, 1.82) is 0 Å². The van der Waals surface area contributed by atoms with Gasteiger partial charge in [0.1, 0.15) is 6.33 Å². The highest BCUT2D eigenvalue weighted by atomic mass is 16.5. The van der Waals surface area contributed by atoms with Gasteiger partial charge in [0.15, 0.2) is 11.5 Å². The zero-order valence-electron chi connectivity index (χ0n) is 14.0. The Morgan fingerprint density at radius 1 is 1.08 bits per heavy atom. The highest BCUT2D eigenvalue weighted by Crippen LogP contribution is 2.26. The Morgan fingerprint density at radius 2 is 1.88 bits per heavy atom.